The van der Waals surface area contributed by atoms with E-state index in [1.54, 1.807) is 16.7 Å². The Bertz CT molecular complexity index is 956. The number of hydrogen-bond acceptors (Lipinski definition) is 4. The highest BCUT2D eigenvalue weighted by Gasteiger charge is 2.15. The molecule has 0 aliphatic carbocycles. The molecule has 7 nitrogen and oxygen atoms in total. The zero-order valence-electron chi connectivity index (χ0n) is 14.4. The van der Waals surface area contributed by atoms with Gasteiger partial charge >= 0.3 is 0 Å². The van der Waals surface area contributed by atoms with Crippen LogP contribution in [0.2, 0.25) is 0 Å². The monoisotopic (exact) mass is 330 g/mol. The maximum Gasteiger partial charge on any atom is 0.291 e. The highest BCUT2D eigenvalue weighted by atomic mass is 16.3. The molecule has 24 heavy (non-hydrogen) atoms. The van der Waals surface area contributed by atoms with Crippen LogP contribution in [0.5, 0.6) is 0 Å². The third kappa shape index (κ3) is 3.06. The lowest BCUT2D eigenvalue weighted by Crippen LogP contribution is -2.40. The molecule has 0 aliphatic rings. The lowest BCUT2D eigenvalue weighted by molar-refractivity contribution is -0.122. The Hall–Kier alpha value is -2.57. The molecule has 1 N–H and O–H groups in total. The van der Waals surface area contributed by atoms with Gasteiger partial charge in [0.2, 0.25) is 5.91 Å². The number of furan rings is 1. The van der Waals surface area contributed by atoms with Crippen molar-refractivity contribution in [3.8, 4) is 0 Å². The number of carbonyl (C=O) groups excluding carboxylic acids is 1. The molecule has 3 rings (SSSR count). The Morgan fingerprint density at radius 2 is 2.08 bits per heavy atom. The quantitative estimate of drug-likeness (QED) is 0.795. The largest absolute Gasteiger partial charge is 0.463 e. The number of aromatic nitrogens is 3. The van der Waals surface area contributed by atoms with Gasteiger partial charge in [-0.1, -0.05) is 0 Å². The fraction of sp³-hybridized carbons (Fsp3) is 0.471. The summed E-state index contributed by atoms with van der Waals surface area (Å²) < 4.78 is 8.58. The molecule has 7 heteroatoms. The molecule has 0 atom stereocenters. The highest BCUT2D eigenvalue weighted by Crippen LogP contribution is 2.19. The van der Waals surface area contributed by atoms with Crippen LogP contribution < -0.4 is 10.9 Å². The average molecular weight is 330 g/mol. The van der Waals surface area contributed by atoms with Crippen LogP contribution in [-0.2, 0) is 11.3 Å². The van der Waals surface area contributed by atoms with E-state index in [-0.39, 0.29) is 17.0 Å². The molecule has 0 unspecified atom stereocenters. The summed E-state index contributed by atoms with van der Waals surface area (Å²) in [6.45, 7) is 8.08. The van der Waals surface area contributed by atoms with Crippen LogP contribution in [0.25, 0.3) is 16.6 Å². The number of hydrogen-bond donors (Lipinski definition) is 1. The number of aryl methyl sites for hydroxylation is 2. The fourth-order valence-electron chi connectivity index (χ4n) is 2.85. The van der Waals surface area contributed by atoms with Crippen molar-refractivity contribution in [1.82, 2.24) is 19.5 Å². The Balaban J connectivity index is 1.79. The summed E-state index contributed by atoms with van der Waals surface area (Å²) in [7, 11) is 0. The van der Waals surface area contributed by atoms with Crippen molar-refractivity contribution in [2.24, 2.45) is 0 Å². The van der Waals surface area contributed by atoms with Gasteiger partial charge in [-0.05, 0) is 34.1 Å². The molecule has 0 aliphatic heterocycles. The second kappa shape index (κ2) is 5.81. The standard InChI is InChI=1S/C17H22N4O3/c1-11-19-20(8-5-6-15(22)18-17(2,3)4)16(23)13-10-14-12(21(11)13)7-9-24-14/h7,9-10H,5-6,8H2,1-4H3,(H,18,22). The first-order valence-corrected chi connectivity index (χ1v) is 8.04. The van der Waals surface area contributed by atoms with E-state index in [1.807, 2.05) is 33.8 Å². The van der Waals surface area contributed by atoms with Gasteiger partial charge in [0.05, 0.1) is 11.8 Å². The van der Waals surface area contributed by atoms with Gasteiger partial charge < -0.3 is 9.73 Å². The minimum atomic E-state index is -0.248. The highest BCUT2D eigenvalue weighted by molar-refractivity contribution is 5.82. The third-order valence-electron chi connectivity index (χ3n) is 3.75. The van der Waals surface area contributed by atoms with E-state index >= 15 is 0 Å². The minimum absolute atomic E-state index is 0.0199. The Kier molecular flexibility index (Phi) is 3.95. The number of rotatable bonds is 4. The van der Waals surface area contributed by atoms with E-state index in [1.165, 1.54) is 4.68 Å². The van der Waals surface area contributed by atoms with Crippen LogP contribution in [-0.4, -0.2) is 25.6 Å². The molecule has 128 valence electrons. The van der Waals surface area contributed by atoms with Crippen LogP contribution in [0, 0.1) is 6.92 Å². The summed E-state index contributed by atoms with van der Waals surface area (Å²) in [6, 6.07) is 3.55. The summed E-state index contributed by atoms with van der Waals surface area (Å²) in [5.41, 5.74) is 1.61. The summed E-state index contributed by atoms with van der Waals surface area (Å²) in [6.07, 6.45) is 2.51. The van der Waals surface area contributed by atoms with Gasteiger partial charge in [-0.2, -0.15) is 5.10 Å². The minimum Gasteiger partial charge on any atom is -0.463 e. The Labute approximate surface area is 139 Å². The van der Waals surface area contributed by atoms with Gasteiger partial charge in [-0.15, -0.1) is 0 Å². The van der Waals surface area contributed by atoms with Gasteiger partial charge in [-0.25, -0.2) is 4.68 Å². The zero-order chi connectivity index (χ0) is 17.5. The van der Waals surface area contributed by atoms with Gasteiger partial charge in [0.15, 0.2) is 5.58 Å². The summed E-state index contributed by atoms with van der Waals surface area (Å²) in [4.78, 5) is 24.5. The molecule has 0 saturated carbocycles. The molecule has 0 aromatic carbocycles. The topological polar surface area (TPSA) is 81.5 Å². The van der Waals surface area contributed by atoms with Crippen LogP contribution in [0.1, 0.15) is 39.4 Å². The molecule has 3 aromatic rings. The SMILES string of the molecule is Cc1nn(CCCC(=O)NC(C)(C)C)c(=O)c2cc3occc3n12. The van der Waals surface area contributed by atoms with Crippen molar-refractivity contribution in [3.05, 3.63) is 34.6 Å². The van der Waals surface area contributed by atoms with E-state index in [4.69, 9.17) is 4.42 Å². The maximum atomic E-state index is 12.6. The number of nitrogens with one attached hydrogen (secondary N) is 1. The normalized spacial score (nSPS) is 12.2. The second-order valence-corrected chi connectivity index (χ2v) is 7.01. The third-order valence-corrected chi connectivity index (χ3v) is 3.75. The molecular formula is C17H22N4O3. The maximum absolute atomic E-state index is 12.6. The zero-order valence-corrected chi connectivity index (χ0v) is 14.4. The Morgan fingerprint density at radius 3 is 2.79 bits per heavy atom. The summed E-state index contributed by atoms with van der Waals surface area (Å²) >= 11 is 0. The predicted molar refractivity (Wildman–Crippen MR) is 91.1 cm³/mol. The first-order chi connectivity index (χ1) is 11.3. The second-order valence-electron chi connectivity index (χ2n) is 7.01. The smallest absolute Gasteiger partial charge is 0.291 e. The van der Waals surface area contributed by atoms with E-state index < -0.39 is 0 Å². The van der Waals surface area contributed by atoms with E-state index in [0.717, 1.165) is 5.52 Å². The first kappa shape index (κ1) is 16.3. The predicted octanol–water partition coefficient (Wildman–Crippen LogP) is 2.25. The number of amides is 1. The van der Waals surface area contributed by atoms with Crippen molar-refractivity contribution in [1.29, 1.82) is 0 Å². The van der Waals surface area contributed by atoms with Crippen LogP contribution in [0.3, 0.4) is 0 Å². The molecule has 0 saturated heterocycles. The van der Waals surface area contributed by atoms with Crippen LogP contribution in [0.15, 0.2) is 27.6 Å². The lowest BCUT2D eigenvalue weighted by Gasteiger charge is -2.20. The van der Waals surface area contributed by atoms with Gasteiger partial charge in [0.25, 0.3) is 5.56 Å². The fourth-order valence-corrected chi connectivity index (χ4v) is 2.85. The van der Waals surface area contributed by atoms with Crippen molar-refractivity contribution >= 4 is 22.5 Å². The van der Waals surface area contributed by atoms with Gasteiger partial charge in [0, 0.05) is 30.6 Å². The number of fused-ring (bicyclic) bond motifs is 3. The lowest BCUT2D eigenvalue weighted by atomic mass is 10.1. The van der Waals surface area contributed by atoms with Crippen molar-refractivity contribution in [2.75, 3.05) is 0 Å². The molecule has 0 bridgehead atoms. The van der Waals surface area contributed by atoms with E-state index in [0.29, 0.717) is 36.3 Å². The first-order valence-electron chi connectivity index (χ1n) is 8.04. The van der Waals surface area contributed by atoms with Gasteiger partial charge in [0.1, 0.15) is 11.3 Å². The summed E-state index contributed by atoms with van der Waals surface area (Å²) in [5.74, 6) is 0.689. The molecular weight excluding hydrogens is 308 g/mol. The molecule has 0 fully saturated rings. The Morgan fingerprint density at radius 1 is 1.33 bits per heavy atom. The van der Waals surface area contributed by atoms with Crippen molar-refractivity contribution < 1.29 is 9.21 Å². The van der Waals surface area contributed by atoms with Crippen LogP contribution >= 0.6 is 0 Å². The van der Waals surface area contributed by atoms with E-state index in [9.17, 15) is 9.59 Å². The number of nitrogens with zero attached hydrogens (tertiary/aromatic N) is 3. The van der Waals surface area contributed by atoms with Crippen molar-refractivity contribution in [3.63, 3.8) is 0 Å². The average Bonchev–Trinajstić information content (AvgIpc) is 3.02. The molecule has 0 spiro atoms. The summed E-state index contributed by atoms with van der Waals surface area (Å²) in [5, 5.41) is 7.28. The molecule has 1 amide bonds. The molecule has 0 radical (unpaired) electrons. The van der Waals surface area contributed by atoms with E-state index in [2.05, 4.69) is 10.4 Å². The van der Waals surface area contributed by atoms with Gasteiger partial charge in [-0.3, -0.25) is 14.0 Å². The number of carbonyl (C=O) groups is 1. The molecule has 3 aromatic heterocycles. The van der Waals surface area contributed by atoms with Crippen molar-refractivity contribution in [2.45, 2.75) is 52.6 Å². The molecule has 3 heterocycles. The van der Waals surface area contributed by atoms with Crippen LogP contribution in [0.4, 0.5) is 0 Å².